The molecule has 0 radical (unpaired) electrons. The fourth-order valence-corrected chi connectivity index (χ4v) is 1.89. The summed E-state index contributed by atoms with van der Waals surface area (Å²) in [6, 6.07) is 3.99. The number of pyridine rings is 1. The lowest BCUT2D eigenvalue weighted by atomic mass is 10.2. The van der Waals surface area contributed by atoms with Gasteiger partial charge in [0.25, 0.3) is 0 Å². The Kier molecular flexibility index (Phi) is 2.14. The van der Waals surface area contributed by atoms with Gasteiger partial charge >= 0.3 is 0 Å². The minimum atomic E-state index is 0.745. The third-order valence-corrected chi connectivity index (χ3v) is 2.79. The van der Waals surface area contributed by atoms with Crippen LogP contribution in [0.25, 0.3) is 22.4 Å². The van der Waals surface area contributed by atoms with Gasteiger partial charge in [-0.15, -0.1) is 0 Å². The SMILES string of the molecule is Cc1cnc(-c2ccnc3c2ccn3C)nc1. The highest BCUT2D eigenvalue weighted by molar-refractivity contribution is 5.91. The molecule has 84 valence electrons. The molecule has 4 nitrogen and oxygen atoms in total. The first kappa shape index (κ1) is 9.96. The van der Waals surface area contributed by atoms with E-state index < -0.39 is 0 Å². The van der Waals surface area contributed by atoms with Crippen molar-refractivity contribution in [1.29, 1.82) is 0 Å². The van der Waals surface area contributed by atoms with E-state index in [2.05, 4.69) is 15.0 Å². The van der Waals surface area contributed by atoms with Crippen LogP contribution < -0.4 is 0 Å². The molecule has 17 heavy (non-hydrogen) atoms. The van der Waals surface area contributed by atoms with E-state index in [9.17, 15) is 0 Å². The van der Waals surface area contributed by atoms with Crippen LogP contribution in [0.15, 0.2) is 36.9 Å². The standard InChI is InChI=1S/C13H12N4/c1-9-7-15-12(16-8-9)10-3-5-14-13-11(10)4-6-17(13)2/h3-8H,1-2H3. The maximum atomic E-state index is 4.36. The first-order chi connectivity index (χ1) is 8.25. The van der Waals surface area contributed by atoms with E-state index in [1.807, 2.05) is 49.3 Å². The molecule has 3 rings (SSSR count). The van der Waals surface area contributed by atoms with Crippen LogP contribution in [0.2, 0.25) is 0 Å². The van der Waals surface area contributed by atoms with Gasteiger partial charge in [0.1, 0.15) is 5.65 Å². The molecule has 0 N–H and O–H groups in total. The van der Waals surface area contributed by atoms with Crippen LogP contribution in [0, 0.1) is 6.92 Å². The molecule has 0 aliphatic carbocycles. The molecule has 3 aromatic rings. The molecule has 0 saturated heterocycles. The van der Waals surface area contributed by atoms with Crippen LogP contribution >= 0.6 is 0 Å². The van der Waals surface area contributed by atoms with Crippen molar-refractivity contribution in [3.05, 3.63) is 42.5 Å². The maximum Gasteiger partial charge on any atom is 0.159 e. The second kappa shape index (κ2) is 3.66. The summed E-state index contributed by atoms with van der Waals surface area (Å²) in [5, 5.41) is 1.08. The summed E-state index contributed by atoms with van der Waals surface area (Å²) in [6.45, 7) is 1.98. The third-order valence-electron chi connectivity index (χ3n) is 2.79. The molecule has 0 amide bonds. The normalized spacial score (nSPS) is 10.9. The number of rotatable bonds is 1. The van der Waals surface area contributed by atoms with E-state index >= 15 is 0 Å². The van der Waals surface area contributed by atoms with Crippen LogP contribution in [-0.2, 0) is 7.05 Å². The highest BCUT2D eigenvalue weighted by Crippen LogP contribution is 2.24. The number of aromatic nitrogens is 4. The van der Waals surface area contributed by atoms with Crippen LogP contribution in [0.4, 0.5) is 0 Å². The fourth-order valence-electron chi connectivity index (χ4n) is 1.89. The molecule has 4 heteroatoms. The molecule has 0 spiro atoms. The zero-order valence-corrected chi connectivity index (χ0v) is 9.75. The number of nitrogens with zero attached hydrogens (tertiary/aromatic N) is 4. The predicted molar refractivity (Wildman–Crippen MR) is 66.5 cm³/mol. The summed E-state index contributed by atoms with van der Waals surface area (Å²) in [7, 11) is 1.98. The van der Waals surface area contributed by atoms with E-state index in [4.69, 9.17) is 0 Å². The highest BCUT2D eigenvalue weighted by atomic mass is 15.0. The zero-order valence-electron chi connectivity index (χ0n) is 9.75. The van der Waals surface area contributed by atoms with Gasteiger partial charge in [-0.05, 0) is 24.6 Å². The summed E-state index contributed by atoms with van der Waals surface area (Å²) < 4.78 is 1.99. The Morgan fingerprint density at radius 1 is 1.06 bits per heavy atom. The van der Waals surface area contributed by atoms with Crippen LogP contribution in [0.5, 0.6) is 0 Å². The van der Waals surface area contributed by atoms with Crippen molar-refractivity contribution < 1.29 is 0 Å². The van der Waals surface area contributed by atoms with Crippen molar-refractivity contribution in [1.82, 2.24) is 19.5 Å². The van der Waals surface area contributed by atoms with Crippen molar-refractivity contribution in [3.63, 3.8) is 0 Å². The minimum absolute atomic E-state index is 0.745. The maximum absolute atomic E-state index is 4.36. The zero-order chi connectivity index (χ0) is 11.8. The minimum Gasteiger partial charge on any atom is -0.336 e. The number of aryl methyl sites for hydroxylation is 2. The van der Waals surface area contributed by atoms with Crippen molar-refractivity contribution >= 4 is 11.0 Å². The highest BCUT2D eigenvalue weighted by Gasteiger charge is 2.08. The topological polar surface area (TPSA) is 43.6 Å². The predicted octanol–water partition coefficient (Wildman–Crippen LogP) is 2.34. The first-order valence-corrected chi connectivity index (χ1v) is 5.45. The average Bonchev–Trinajstić information content (AvgIpc) is 2.73. The van der Waals surface area contributed by atoms with Gasteiger partial charge in [0, 0.05) is 42.8 Å². The summed E-state index contributed by atoms with van der Waals surface area (Å²) in [5.41, 5.74) is 3.04. The average molecular weight is 224 g/mol. The van der Waals surface area contributed by atoms with Crippen molar-refractivity contribution in [2.75, 3.05) is 0 Å². The summed E-state index contributed by atoms with van der Waals surface area (Å²) >= 11 is 0. The third kappa shape index (κ3) is 1.58. The first-order valence-electron chi connectivity index (χ1n) is 5.45. The van der Waals surface area contributed by atoms with Gasteiger partial charge in [-0.1, -0.05) is 0 Å². The second-order valence-electron chi connectivity index (χ2n) is 4.11. The van der Waals surface area contributed by atoms with Gasteiger partial charge in [-0.2, -0.15) is 0 Å². The van der Waals surface area contributed by atoms with Gasteiger partial charge < -0.3 is 4.57 Å². The molecule has 3 heterocycles. The quantitative estimate of drug-likeness (QED) is 0.637. The fraction of sp³-hybridized carbons (Fsp3) is 0.154. The van der Waals surface area contributed by atoms with Gasteiger partial charge in [0.2, 0.25) is 0 Å². The molecule has 0 atom stereocenters. The van der Waals surface area contributed by atoms with Crippen LogP contribution in [-0.4, -0.2) is 19.5 Å². The van der Waals surface area contributed by atoms with E-state index in [1.54, 1.807) is 6.20 Å². The lowest BCUT2D eigenvalue weighted by Crippen LogP contribution is -1.92. The smallest absolute Gasteiger partial charge is 0.159 e. The molecule has 0 saturated carbocycles. The van der Waals surface area contributed by atoms with Gasteiger partial charge in [-0.25, -0.2) is 15.0 Å². The molecule has 0 aliphatic heterocycles. The monoisotopic (exact) mass is 224 g/mol. The number of hydrogen-bond donors (Lipinski definition) is 0. The Bertz CT molecular complexity index is 667. The van der Waals surface area contributed by atoms with Gasteiger partial charge in [-0.3, -0.25) is 0 Å². The van der Waals surface area contributed by atoms with Crippen LogP contribution in [0.1, 0.15) is 5.56 Å². The van der Waals surface area contributed by atoms with Gasteiger partial charge in [0.05, 0.1) is 0 Å². The molecule has 0 aromatic carbocycles. The largest absolute Gasteiger partial charge is 0.336 e. The summed E-state index contributed by atoms with van der Waals surface area (Å²) in [5.74, 6) is 0.745. The Labute approximate surface area is 99.0 Å². The Hall–Kier alpha value is -2.23. The van der Waals surface area contributed by atoms with E-state index in [0.717, 1.165) is 28.0 Å². The van der Waals surface area contributed by atoms with Crippen molar-refractivity contribution in [3.8, 4) is 11.4 Å². The molecular weight excluding hydrogens is 212 g/mol. The molecule has 0 bridgehead atoms. The molecule has 0 fully saturated rings. The van der Waals surface area contributed by atoms with E-state index in [0.29, 0.717) is 0 Å². The number of hydrogen-bond acceptors (Lipinski definition) is 3. The summed E-state index contributed by atoms with van der Waals surface area (Å²) in [4.78, 5) is 13.1. The molecule has 0 aliphatic rings. The Balaban J connectivity index is 2.26. The molecular formula is C13H12N4. The van der Waals surface area contributed by atoms with E-state index in [1.165, 1.54) is 0 Å². The Morgan fingerprint density at radius 2 is 1.82 bits per heavy atom. The van der Waals surface area contributed by atoms with Crippen LogP contribution in [0.3, 0.4) is 0 Å². The molecule has 3 aromatic heterocycles. The molecule has 0 unspecified atom stereocenters. The van der Waals surface area contributed by atoms with E-state index in [-0.39, 0.29) is 0 Å². The van der Waals surface area contributed by atoms with Gasteiger partial charge in [0.15, 0.2) is 5.82 Å². The Morgan fingerprint density at radius 3 is 2.59 bits per heavy atom. The van der Waals surface area contributed by atoms with Crippen molar-refractivity contribution in [2.24, 2.45) is 7.05 Å². The van der Waals surface area contributed by atoms with Crippen molar-refractivity contribution in [2.45, 2.75) is 6.92 Å². The number of fused-ring (bicyclic) bond motifs is 1. The lowest BCUT2D eigenvalue weighted by Gasteiger charge is -2.02. The summed E-state index contributed by atoms with van der Waals surface area (Å²) in [6.07, 6.45) is 7.45. The lowest BCUT2D eigenvalue weighted by molar-refractivity contribution is 0.948. The second-order valence-corrected chi connectivity index (χ2v) is 4.11.